The number of carbonyl (C=O) groups is 1. The van der Waals surface area contributed by atoms with Crippen LogP contribution in [0.5, 0.6) is 0 Å². The van der Waals surface area contributed by atoms with Crippen molar-refractivity contribution in [1.29, 1.82) is 0 Å². The van der Waals surface area contributed by atoms with Crippen LogP contribution in [0.2, 0.25) is 0 Å². The minimum absolute atomic E-state index is 0. The van der Waals surface area contributed by atoms with Gasteiger partial charge in [-0.05, 0) is 43.6 Å². The SMILES string of the molecule is Cc1cscc1C(=O)N1CCCC(C(C)N)C1.Cl. The predicted octanol–water partition coefficient (Wildman–Crippen LogP) is 2.68. The molecule has 102 valence electrons. The fourth-order valence-electron chi connectivity index (χ4n) is 2.37. The Bertz CT molecular complexity index is 405. The first-order chi connectivity index (χ1) is 8.09. The topological polar surface area (TPSA) is 46.3 Å². The van der Waals surface area contributed by atoms with Crippen LogP contribution in [0, 0.1) is 12.8 Å². The number of rotatable bonds is 2. The zero-order valence-corrected chi connectivity index (χ0v) is 12.5. The molecule has 2 rings (SSSR count). The van der Waals surface area contributed by atoms with E-state index in [9.17, 15) is 4.79 Å². The molecule has 18 heavy (non-hydrogen) atoms. The summed E-state index contributed by atoms with van der Waals surface area (Å²) in [6.45, 7) is 5.72. The highest BCUT2D eigenvalue weighted by Gasteiger charge is 2.27. The van der Waals surface area contributed by atoms with Gasteiger partial charge in [-0.2, -0.15) is 11.3 Å². The van der Waals surface area contributed by atoms with Crippen LogP contribution in [-0.2, 0) is 0 Å². The van der Waals surface area contributed by atoms with E-state index in [1.807, 2.05) is 29.5 Å². The maximum Gasteiger partial charge on any atom is 0.254 e. The number of aryl methyl sites for hydroxylation is 1. The lowest BCUT2D eigenvalue weighted by Gasteiger charge is -2.34. The van der Waals surface area contributed by atoms with Gasteiger partial charge in [0.2, 0.25) is 0 Å². The maximum atomic E-state index is 12.3. The van der Waals surface area contributed by atoms with Crippen LogP contribution >= 0.6 is 23.7 Å². The van der Waals surface area contributed by atoms with Gasteiger partial charge in [-0.25, -0.2) is 0 Å². The molecule has 1 saturated heterocycles. The molecule has 2 N–H and O–H groups in total. The van der Waals surface area contributed by atoms with Gasteiger partial charge in [-0.1, -0.05) is 0 Å². The molecule has 0 spiro atoms. The largest absolute Gasteiger partial charge is 0.338 e. The van der Waals surface area contributed by atoms with Crippen molar-refractivity contribution in [2.45, 2.75) is 32.7 Å². The molecule has 0 aliphatic carbocycles. The molecule has 2 heterocycles. The van der Waals surface area contributed by atoms with E-state index in [1.54, 1.807) is 11.3 Å². The van der Waals surface area contributed by atoms with Gasteiger partial charge in [-0.3, -0.25) is 4.79 Å². The van der Waals surface area contributed by atoms with Gasteiger partial charge in [0.25, 0.3) is 5.91 Å². The Hall–Kier alpha value is -0.580. The van der Waals surface area contributed by atoms with E-state index >= 15 is 0 Å². The lowest BCUT2D eigenvalue weighted by Crippen LogP contribution is -2.45. The molecule has 1 amide bonds. The zero-order valence-electron chi connectivity index (χ0n) is 10.9. The maximum absolute atomic E-state index is 12.3. The first-order valence-corrected chi connectivity index (χ1v) is 7.11. The number of thiophene rings is 1. The molecule has 3 nitrogen and oxygen atoms in total. The van der Waals surface area contributed by atoms with Crippen LogP contribution in [0.15, 0.2) is 10.8 Å². The third kappa shape index (κ3) is 3.25. The lowest BCUT2D eigenvalue weighted by atomic mass is 9.92. The molecule has 0 radical (unpaired) electrons. The van der Waals surface area contributed by atoms with Gasteiger partial charge in [0, 0.05) is 24.5 Å². The Kier molecular flexibility index (Phi) is 5.63. The highest BCUT2D eigenvalue weighted by molar-refractivity contribution is 7.08. The third-order valence-corrected chi connectivity index (χ3v) is 4.44. The summed E-state index contributed by atoms with van der Waals surface area (Å²) in [7, 11) is 0. The number of carbonyl (C=O) groups excluding carboxylic acids is 1. The normalized spacial score (nSPS) is 21.3. The average molecular weight is 289 g/mol. The molecule has 1 aliphatic rings. The van der Waals surface area contributed by atoms with E-state index in [4.69, 9.17) is 5.73 Å². The number of amides is 1. The van der Waals surface area contributed by atoms with Crippen molar-refractivity contribution in [3.8, 4) is 0 Å². The van der Waals surface area contributed by atoms with Crippen molar-refractivity contribution in [1.82, 2.24) is 4.90 Å². The third-order valence-electron chi connectivity index (χ3n) is 3.57. The van der Waals surface area contributed by atoms with Gasteiger partial charge in [-0.15, -0.1) is 12.4 Å². The second kappa shape index (κ2) is 6.55. The molecular weight excluding hydrogens is 268 g/mol. The Morgan fingerprint density at radius 2 is 2.28 bits per heavy atom. The molecule has 0 saturated carbocycles. The van der Waals surface area contributed by atoms with E-state index in [-0.39, 0.29) is 24.4 Å². The highest BCUT2D eigenvalue weighted by atomic mass is 35.5. The lowest BCUT2D eigenvalue weighted by molar-refractivity contribution is 0.0661. The summed E-state index contributed by atoms with van der Waals surface area (Å²) in [6.07, 6.45) is 2.21. The van der Waals surface area contributed by atoms with Crippen molar-refractivity contribution in [2.24, 2.45) is 11.7 Å². The second-order valence-electron chi connectivity index (χ2n) is 4.98. The molecule has 5 heteroatoms. The molecule has 2 unspecified atom stereocenters. The van der Waals surface area contributed by atoms with Gasteiger partial charge in [0.15, 0.2) is 0 Å². The van der Waals surface area contributed by atoms with Gasteiger partial charge >= 0.3 is 0 Å². The number of likely N-dealkylation sites (tertiary alicyclic amines) is 1. The van der Waals surface area contributed by atoms with Crippen molar-refractivity contribution in [2.75, 3.05) is 13.1 Å². The molecular formula is C13H21ClN2OS. The van der Waals surface area contributed by atoms with Crippen LogP contribution < -0.4 is 5.73 Å². The quantitative estimate of drug-likeness (QED) is 0.909. The average Bonchev–Trinajstić information content (AvgIpc) is 2.74. The van der Waals surface area contributed by atoms with Crippen LogP contribution in [0.1, 0.15) is 35.7 Å². The molecule has 1 aliphatic heterocycles. The molecule has 0 bridgehead atoms. The first-order valence-electron chi connectivity index (χ1n) is 6.17. The standard InChI is InChI=1S/C13H20N2OS.ClH/c1-9-7-17-8-12(9)13(16)15-5-3-4-11(6-15)10(2)14;/h7-8,10-11H,3-6,14H2,1-2H3;1H. The van der Waals surface area contributed by atoms with E-state index in [0.29, 0.717) is 5.92 Å². The monoisotopic (exact) mass is 288 g/mol. The molecule has 2 atom stereocenters. The Morgan fingerprint density at radius 3 is 2.83 bits per heavy atom. The summed E-state index contributed by atoms with van der Waals surface area (Å²) in [6, 6.07) is 0.175. The summed E-state index contributed by atoms with van der Waals surface area (Å²) in [5, 5.41) is 3.98. The summed E-state index contributed by atoms with van der Waals surface area (Å²) >= 11 is 1.59. The summed E-state index contributed by atoms with van der Waals surface area (Å²) in [4.78, 5) is 14.3. The molecule has 1 fully saturated rings. The van der Waals surface area contributed by atoms with Crippen molar-refractivity contribution < 1.29 is 4.79 Å². The van der Waals surface area contributed by atoms with Crippen LogP contribution in [0.25, 0.3) is 0 Å². The van der Waals surface area contributed by atoms with E-state index < -0.39 is 0 Å². The molecule has 1 aromatic rings. The molecule has 0 aromatic carbocycles. The number of piperidine rings is 1. The Morgan fingerprint density at radius 1 is 1.56 bits per heavy atom. The fourth-order valence-corrected chi connectivity index (χ4v) is 3.20. The summed E-state index contributed by atoms with van der Waals surface area (Å²) < 4.78 is 0. The van der Waals surface area contributed by atoms with Gasteiger partial charge < -0.3 is 10.6 Å². The van der Waals surface area contributed by atoms with E-state index in [1.165, 1.54) is 0 Å². The Balaban J connectivity index is 0.00000162. The number of halogens is 1. The van der Waals surface area contributed by atoms with Crippen molar-refractivity contribution in [3.63, 3.8) is 0 Å². The second-order valence-corrected chi connectivity index (χ2v) is 5.72. The van der Waals surface area contributed by atoms with Crippen LogP contribution in [-0.4, -0.2) is 29.9 Å². The summed E-state index contributed by atoms with van der Waals surface area (Å²) in [5.74, 6) is 0.626. The zero-order chi connectivity index (χ0) is 12.4. The molecule has 1 aromatic heterocycles. The van der Waals surface area contributed by atoms with Gasteiger partial charge in [0.1, 0.15) is 0 Å². The van der Waals surface area contributed by atoms with Crippen molar-refractivity contribution >= 4 is 29.7 Å². The fraction of sp³-hybridized carbons (Fsp3) is 0.615. The Labute approximate surface area is 119 Å². The van der Waals surface area contributed by atoms with E-state index in [0.717, 1.165) is 37.1 Å². The highest BCUT2D eigenvalue weighted by Crippen LogP contribution is 2.22. The smallest absolute Gasteiger partial charge is 0.254 e. The van der Waals surface area contributed by atoms with Crippen molar-refractivity contribution in [3.05, 3.63) is 21.9 Å². The predicted molar refractivity (Wildman–Crippen MR) is 78.6 cm³/mol. The van der Waals surface area contributed by atoms with E-state index in [2.05, 4.69) is 0 Å². The summed E-state index contributed by atoms with van der Waals surface area (Å²) in [5.41, 5.74) is 7.89. The number of nitrogens with zero attached hydrogens (tertiary/aromatic N) is 1. The number of hydrogen-bond donors (Lipinski definition) is 1. The van der Waals surface area contributed by atoms with Gasteiger partial charge in [0.05, 0.1) is 5.56 Å². The van der Waals surface area contributed by atoms with Crippen LogP contribution in [0.4, 0.5) is 0 Å². The number of nitrogens with two attached hydrogens (primary N) is 1. The number of hydrogen-bond acceptors (Lipinski definition) is 3. The minimum atomic E-state index is 0. The minimum Gasteiger partial charge on any atom is -0.338 e. The van der Waals surface area contributed by atoms with Crippen LogP contribution in [0.3, 0.4) is 0 Å². The first kappa shape index (κ1) is 15.5.